The molecule has 0 aliphatic heterocycles. The van der Waals surface area contributed by atoms with E-state index in [4.69, 9.17) is 4.74 Å². The molecular formula is C19H20O3. The van der Waals surface area contributed by atoms with Gasteiger partial charge >= 0.3 is 0 Å². The predicted molar refractivity (Wildman–Crippen MR) is 81.8 cm³/mol. The Morgan fingerprint density at radius 3 is 2.64 bits per heavy atom. The quantitative estimate of drug-likeness (QED) is 0.794. The van der Waals surface area contributed by atoms with Crippen molar-refractivity contribution in [2.45, 2.75) is 25.7 Å². The average Bonchev–Trinajstić information content (AvgIpc) is 2.61. The molecule has 0 heterocycles. The second-order valence-corrected chi connectivity index (χ2v) is 7.42. The number of carbonyl (C=O) groups excluding carboxylic acids is 1. The van der Waals surface area contributed by atoms with Gasteiger partial charge in [-0.25, -0.2) is 0 Å². The molecule has 22 heavy (non-hydrogen) atoms. The lowest BCUT2D eigenvalue weighted by molar-refractivity contribution is -0.338. The molecule has 4 fully saturated rings. The Morgan fingerprint density at radius 2 is 2.05 bits per heavy atom. The molecule has 4 saturated carbocycles. The third kappa shape index (κ3) is 1.16. The molecule has 114 valence electrons. The summed E-state index contributed by atoms with van der Waals surface area (Å²) in [6, 6.07) is 0. The van der Waals surface area contributed by atoms with E-state index in [0.29, 0.717) is 23.7 Å². The maximum absolute atomic E-state index is 11.9. The maximum Gasteiger partial charge on any atom is 0.179 e. The molecule has 1 N–H and O–H groups in total. The molecule has 0 saturated heterocycles. The van der Waals surface area contributed by atoms with Crippen molar-refractivity contribution >= 4 is 5.78 Å². The molecule has 0 bridgehead atoms. The number of hydrogen-bond donors (Lipinski definition) is 1. The first-order chi connectivity index (χ1) is 10.7. The highest BCUT2D eigenvalue weighted by Gasteiger charge is 2.83. The Morgan fingerprint density at radius 1 is 1.32 bits per heavy atom. The van der Waals surface area contributed by atoms with E-state index in [2.05, 4.69) is 0 Å². The van der Waals surface area contributed by atoms with E-state index in [1.807, 2.05) is 0 Å². The summed E-state index contributed by atoms with van der Waals surface area (Å²) in [5, 5.41) is 9.57. The van der Waals surface area contributed by atoms with Crippen LogP contribution in [0.3, 0.4) is 0 Å². The van der Waals surface area contributed by atoms with Gasteiger partial charge in [0.2, 0.25) is 0 Å². The van der Waals surface area contributed by atoms with Crippen molar-refractivity contribution in [3.05, 3.63) is 47.0 Å². The summed E-state index contributed by atoms with van der Waals surface area (Å²) in [6.45, 7) is 0. The van der Waals surface area contributed by atoms with Gasteiger partial charge in [-0.3, -0.25) is 4.79 Å². The fraction of sp³-hybridized carbons (Fsp3) is 0.526. The van der Waals surface area contributed by atoms with E-state index in [0.717, 1.165) is 35.0 Å². The summed E-state index contributed by atoms with van der Waals surface area (Å²) in [5.41, 5.74) is 3.62. The molecule has 5 aliphatic carbocycles. The topological polar surface area (TPSA) is 46.5 Å². The Bertz CT molecular complexity index is 682. The number of ether oxygens (including phenoxy) is 1. The van der Waals surface area contributed by atoms with Crippen LogP contribution in [0.4, 0.5) is 0 Å². The van der Waals surface area contributed by atoms with Gasteiger partial charge in [0, 0.05) is 11.1 Å². The first kappa shape index (κ1) is 12.7. The predicted octanol–water partition coefficient (Wildman–Crippen LogP) is 3.46. The van der Waals surface area contributed by atoms with E-state index < -0.39 is 0 Å². The molecule has 3 heteroatoms. The summed E-state index contributed by atoms with van der Waals surface area (Å²) in [7, 11) is 1.69. The third-order valence-corrected chi connectivity index (χ3v) is 7.10. The molecule has 1 spiro atoms. The highest BCUT2D eigenvalue weighted by Crippen LogP contribution is 2.89. The summed E-state index contributed by atoms with van der Waals surface area (Å²) in [5.74, 6) is 4.11. The summed E-state index contributed by atoms with van der Waals surface area (Å²) in [6.07, 6.45) is 10.7. The molecule has 0 aromatic carbocycles. The summed E-state index contributed by atoms with van der Waals surface area (Å²) in [4.78, 5) is 11.9. The minimum atomic E-state index is -0.0300. The maximum atomic E-state index is 11.9. The van der Waals surface area contributed by atoms with Crippen LogP contribution in [0.15, 0.2) is 47.0 Å². The van der Waals surface area contributed by atoms with Crippen molar-refractivity contribution in [3.63, 3.8) is 0 Å². The van der Waals surface area contributed by atoms with Crippen LogP contribution in [0.1, 0.15) is 25.7 Å². The van der Waals surface area contributed by atoms with Gasteiger partial charge in [-0.05, 0) is 72.5 Å². The van der Waals surface area contributed by atoms with Crippen molar-refractivity contribution in [1.29, 1.82) is 0 Å². The van der Waals surface area contributed by atoms with Crippen molar-refractivity contribution in [2.75, 3.05) is 7.11 Å². The molecule has 4 atom stereocenters. The molecular weight excluding hydrogens is 276 g/mol. The highest BCUT2D eigenvalue weighted by molar-refractivity contribution is 6.01. The lowest BCUT2D eigenvalue weighted by Crippen LogP contribution is -2.81. The van der Waals surface area contributed by atoms with Crippen LogP contribution in [0, 0.1) is 29.1 Å². The lowest BCUT2D eigenvalue weighted by Gasteiger charge is -2.87. The zero-order chi connectivity index (χ0) is 15.1. The lowest BCUT2D eigenvalue weighted by atomic mass is 9.17. The molecule has 0 aromatic rings. The van der Waals surface area contributed by atoms with Gasteiger partial charge in [0.25, 0.3) is 0 Å². The van der Waals surface area contributed by atoms with Gasteiger partial charge in [0.05, 0.1) is 13.4 Å². The van der Waals surface area contributed by atoms with Gasteiger partial charge in [-0.15, -0.1) is 0 Å². The Hall–Kier alpha value is -1.77. The third-order valence-electron chi connectivity index (χ3n) is 7.10. The fourth-order valence-electron chi connectivity index (χ4n) is 6.23. The smallest absolute Gasteiger partial charge is 0.179 e. The molecule has 0 amide bonds. The zero-order valence-corrected chi connectivity index (χ0v) is 12.7. The minimum Gasteiger partial charge on any atom is -0.515 e. The van der Waals surface area contributed by atoms with E-state index in [1.165, 1.54) is 24.8 Å². The van der Waals surface area contributed by atoms with E-state index in [-0.39, 0.29) is 5.78 Å². The van der Waals surface area contributed by atoms with E-state index in [1.54, 1.807) is 25.3 Å². The highest BCUT2D eigenvalue weighted by atomic mass is 16.5. The van der Waals surface area contributed by atoms with Crippen LogP contribution >= 0.6 is 0 Å². The number of methoxy groups -OCH3 is 1. The van der Waals surface area contributed by atoms with E-state index in [9.17, 15) is 9.90 Å². The van der Waals surface area contributed by atoms with Crippen molar-refractivity contribution in [1.82, 2.24) is 0 Å². The second-order valence-electron chi connectivity index (χ2n) is 7.42. The van der Waals surface area contributed by atoms with Gasteiger partial charge in [0.15, 0.2) is 5.78 Å². The number of rotatable bonds is 2. The first-order valence-corrected chi connectivity index (χ1v) is 8.26. The fourth-order valence-corrected chi connectivity index (χ4v) is 6.23. The van der Waals surface area contributed by atoms with Gasteiger partial charge in [0.1, 0.15) is 5.76 Å². The molecule has 5 rings (SSSR count). The van der Waals surface area contributed by atoms with Crippen LogP contribution < -0.4 is 0 Å². The number of carbonyl (C=O) groups is 1. The van der Waals surface area contributed by atoms with Crippen LogP contribution in [0.5, 0.6) is 0 Å². The van der Waals surface area contributed by atoms with Gasteiger partial charge < -0.3 is 9.84 Å². The van der Waals surface area contributed by atoms with E-state index >= 15 is 0 Å². The standard InChI is InChI=1S/C19H20O3/c1-22-18(14-8-13(21)4-2-3-10(14)9-20)17-15-6-11-5-12-7-16(17)19(11,12)15/h2,4,8-9,11-12,15-16,20H,3,5-7H2,1H3. The number of ketones is 1. The first-order valence-electron chi connectivity index (χ1n) is 8.26. The minimum absolute atomic E-state index is 0.0300. The van der Waals surface area contributed by atoms with Crippen molar-refractivity contribution in [2.24, 2.45) is 29.1 Å². The SMILES string of the molecule is COC(C1=CC(=O)C=CCC1=CO)=C1C2CC3CC4CC1C342. The monoisotopic (exact) mass is 296 g/mol. The van der Waals surface area contributed by atoms with Crippen LogP contribution in [0.2, 0.25) is 0 Å². The number of aliphatic hydroxyl groups excluding tert-OH is 1. The van der Waals surface area contributed by atoms with Gasteiger partial charge in [-0.2, -0.15) is 0 Å². The second kappa shape index (κ2) is 3.95. The van der Waals surface area contributed by atoms with Crippen LogP contribution in [0.25, 0.3) is 0 Å². The normalized spacial score (nSPS) is 45.3. The average molecular weight is 296 g/mol. The zero-order valence-electron chi connectivity index (χ0n) is 12.7. The number of allylic oxidation sites excluding steroid dienone is 5. The number of hydrogen-bond acceptors (Lipinski definition) is 3. The largest absolute Gasteiger partial charge is 0.515 e. The molecule has 3 nitrogen and oxygen atoms in total. The van der Waals surface area contributed by atoms with Crippen LogP contribution in [-0.2, 0) is 9.53 Å². The van der Waals surface area contributed by atoms with Gasteiger partial charge in [-0.1, -0.05) is 6.08 Å². The number of aliphatic hydroxyl groups is 1. The molecule has 4 unspecified atom stereocenters. The van der Waals surface area contributed by atoms with Crippen molar-refractivity contribution < 1.29 is 14.6 Å². The molecule has 0 radical (unpaired) electrons. The summed E-state index contributed by atoms with van der Waals surface area (Å²) < 4.78 is 5.76. The Balaban J connectivity index is 1.58. The Labute approximate surface area is 130 Å². The van der Waals surface area contributed by atoms with Crippen molar-refractivity contribution in [3.8, 4) is 0 Å². The summed E-state index contributed by atoms with van der Waals surface area (Å²) >= 11 is 0. The Kier molecular flexibility index (Phi) is 2.29. The molecule has 0 aromatic heterocycles. The molecule has 5 aliphatic rings. The van der Waals surface area contributed by atoms with Crippen LogP contribution in [-0.4, -0.2) is 18.0 Å².